The molecule has 4 rings (SSSR count). The second kappa shape index (κ2) is 5.74. The minimum atomic E-state index is -1.68. The maximum Gasteiger partial charge on any atom is 0.250 e. The molecule has 2 aliphatic heterocycles. The van der Waals surface area contributed by atoms with E-state index in [9.17, 15) is 0 Å². The standard InChI is InChI=1S/C15H14Cl3N5/c16-15(17,18)13-20-12(9-4-2-1-3-5-9)21-14(22-13)23-8-10-6-11(23)7-19-10/h1-5,10-11,19H,6-8H2. The lowest BCUT2D eigenvalue weighted by atomic mass is 10.2. The third-order valence-corrected chi connectivity index (χ3v) is 4.73. The maximum absolute atomic E-state index is 6.02. The summed E-state index contributed by atoms with van der Waals surface area (Å²) in [5.74, 6) is 1.25. The Morgan fingerprint density at radius 2 is 1.87 bits per heavy atom. The lowest BCUT2D eigenvalue weighted by molar-refractivity contribution is 0.570. The van der Waals surface area contributed by atoms with E-state index < -0.39 is 3.79 Å². The van der Waals surface area contributed by atoms with Gasteiger partial charge < -0.3 is 10.2 Å². The van der Waals surface area contributed by atoms with E-state index in [1.807, 2.05) is 30.3 Å². The Balaban J connectivity index is 1.79. The van der Waals surface area contributed by atoms with Gasteiger partial charge in [0.1, 0.15) is 0 Å². The van der Waals surface area contributed by atoms with E-state index in [4.69, 9.17) is 34.8 Å². The van der Waals surface area contributed by atoms with Gasteiger partial charge in [0.25, 0.3) is 0 Å². The second-order valence-corrected chi connectivity index (χ2v) is 8.07. The number of hydrogen-bond donors (Lipinski definition) is 1. The zero-order valence-electron chi connectivity index (χ0n) is 12.1. The van der Waals surface area contributed by atoms with Gasteiger partial charge in [-0.05, 0) is 6.42 Å². The van der Waals surface area contributed by atoms with Crippen molar-refractivity contribution in [3.8, 4) is 11.4 Å². The van der Waals surface area contributed by atoms with Gasteiger partial charge in [-0.25, -0.2) is 4.98 Å². The van der Waals surface area contributed by atoms with Crippen molar-refractivity contribution in [2.45, 2.75) is 22.3 Å². The molecule has 5 nitrogen and oxygen atoms in total. The van der Waals surface area contributed by atoms with Crippen LogP contribution in [0.25, 0.3) is 11.4 Å². The highest BCUT2D eigenvalue weighted by atomic mass is 35.6. The van der Waals surface area contributed by atoms with Crippen LogP contribution in [0.3, 0.4) is 0 Å². The molecule has 1 aromatic heterocycles. The lowest BCUT2D eigenvalue weighted by Crippen LogP contribution is -2.44. The van der Waals surface area contributed by atoms with Gasteiger partial charge in [0.2, 0.25) is 9.74 Å². The van der Waals surface area contributed by atoms with E-state index in [2.05, 4.69) is 25.2 Å². The van der Waals surface area contributed by atoms with Crippen LogP contribution in [0.2, 0.25) is 0 Å². The van der Waals surface area contributed by atoms with Gasteiger partial charge in [-0.1, -0.05) is 65.1 Å². The number of benzene rings is 1. The number of rotatable bonds is 2. The van der Waals surface area contributed by atoms with Gasteiger partial charge in [-0.2, -0.15) is 9.97 Å². The summed E-state index contributed by atoms with van der Waals surface area (Å²) in [6.45, 7) is 1.79. The topological polar surface area (TPSA) is 53.9 Å². The largest absolute Gasteiger partial charge is 0.335 e. The van der Waals surface area contributed by atoms with Gasteiger partial charge in [0.15, 0.2) is 11.6 Å². The Morgan fingerprint density at radius 3 is 2.48 bits per heavy atom. The minimum Gasteiger partial charge on any atom is -0.335 e. The van der Waals surface area contributed by atoms with Crippen molar-refractivity contribution in [2.75, 3.05) is 18.0 Å². The average Bonchev–Trinajstić information content (AvgIpc) is 3.17. The van der Waals surface area contributed by atoms with Crippen LogP contribution in [-0.2, 0) is 3.79 Å². The number of hydrogen-bond acceptors (Lipinski definition) is 5. The number of anilines is 1. The molecule has 2 aliphatic rings. The van der Waals surface area contributed by atoms with Crippen LogP contribution in [0.1, 0.15) is 12.2 Å². The van der Waals surface area contributed by atoms with Gasteiger partial charge in [-0.15, -0.1) is 0 Å². The summed E-state index contributed by atoms with van der Waals surface area (Å²) in [7, 11) is 0. The highest BCUT2D eigenvalue weighted by Crippen LogP contribution is 2.38. The maximum atomic E-state index is 6.02. The molecule has 0 spiro atoms. The molecule has 0 radical (unpaired) electrons. The van der Waals surface area contributed by atoms with Crippen LogP contribution in [0.15, 0.2) is 30.3 Å². The number of piperazine rings is 1. The SMILES string of the molecule is ClC(Cl)(Cl)c1nc(-c2ccccc2)nc(N2CC3CC2CN3)n1. The summed E-state index contributed by atoms with van der Waals surface area (Å²) in [5, 5.41) is 3.46. The second-order valence-electron chi connectivity index (χ2n) is 5.79. The van der Waals surface area contributed by atoms with Gasteiger partial charge in [0, 0.05) is 30.7 Å². The molecule has 0 aliphatic carbocycles. The van der Waals surface area contributed by atoms with Crippen molar-refractivity contribution in [1.82, 2.24) is 20.3 Å². The normalized spacial score (nSPS) is 23.5. The summed E-state index contributed by atoms with van der Waals surface area (Å²) >= 11 is 18.1. The molecule has 2 bridgehead atoms. The van der Waals surface area contributed by atoms with Crippen LogP contribution in [0.4, 0.5) is 5.95 Å². The molecule has 23 heavy (non-hydrogen) atoms. The van der Waals surface area contributed by atoms with E-state index in [0.717, 1.165) is 25.1 Å². The van der Waals surface area contributed by atoms with Crippen molar-refractivity contribution in [3.63, 3.8) is 0 Å². The molecular weight excluding hydrogens is 357 g/mol. The van der Waals surface area contributed by atoms with Crippen LogP contribution in [0, 0.1) is 0 Å². The Hall–Kier alpha value is -1.14. The Bertz CT molecular complexity index is 719. The third kappa shape index (κ3) is 2.98. The van der Waals surface area contributed by atoms with Gasteiger partial charge >= 0.3 is 0 Å². The fraction of sp³-hybridized carbons (Fsp3) is 0.400. The summed E-state index contributed by atoms with van der Waals surface area (Å²) in [5.41, 5.74) is 0.870. The van der Waals surface area contributed by atoms with E-state index >= 15 is 0 Å². The number of nitrogens with one attached hydrogen (secondary N) is 1. The molecule has 0 saturated carbocycles. The van der Waals surface area contributed by atoms with Gasteiger partial charge in [0.05, 0.1) is 0 Å². The van der Waals surface area contributed by atoms with E-state index in [0.29, 0.717) is 23.9 Å². The predicted octanol–water partition coefficient (Wildman–Crippen LogP) is 2.92. The van der Waals surface area contributed by atoms with Crippen molar-refractivity contribution < 1.29 is 0 Å². The Kier molecular flexibility index (Phi) is 3.84. The van der Waals surface area contributed by atoms with Crippen LogP contribution >= 0.6 is 34.8 Å². The Morgan fingerprint density at radius 1 is 1.09 bits per heavy atom. The van der Waals surface area contributed by atoms with E-state index in [1.54, 1.807) is 0 Å². The quantitative estimate of drug-likeness (QED) is 0.824. The smallest absolute Gasteiger partial charge is 0.250 e. The fourth-order valence-electron chi connectivity index (χ4n) is 3.14. The number of aromatic nitrogens is 3. The summed E-state index contributed by atoms with van der Waals surface area (Å²) in [4.78, 5) is 15.6. The van der Waals surface area contributed by atoms with Crippen molar-refractivity contribution >= 4 is 40.8 Å². The molecule has 1 aromatic carbocycles. The van der Waals surface area contributed by atoms with Gasteiger partial charge in [-0.3, -0.25) is 0 Å². The molecule has 2 aromatic rings. The zero-order chi connectivity index (χ0) is 16.0. The monoisotopic (exact) mass is 369 g/mol. The number of alkyl halides is 3. The highest BCUT2D eigenvalue weighted by Gasteiger charge is 2.40. The summed E-state index contributed by atoms with van der Waals surface area (Å²) in [6.07, 6.45) is 1.09. The first kappa shape index (κ1) is 15.4. The molecule has 2 unspecified atom stereocenters. The third-order valence-electron chi connectivity index (χ3n) is 4.22. The first-order valence-corrected chi connectivity index (χ1v) is 8.53. The minimum absolute atomic E-state index is 0.155. The number of fused-ring (bicyclic) bond motifs is 2. The average molecular weight is 371 g/mol. The molecule has 120 valence electrons. The first-order valence-electron chi connectivity index (χ1n) is 7.39. The number of nitrogens with zero attached hydrogens (tertiary/aromatic N) is 4. The Labute approximate surface area is 149 Å². The van der Waals surface area contributed by atoms with E-state index in [1.165, 1.54) is 0 Å². The molecule has 3 heterocycles. The molecule has 2 fully saturated rings. The fourth-order valence-corrected chi connectivity index (χ4v) is 3.40. The first-order chi connectivity index (χ1) is 11.0. The summed E-state index contributed by atoms with van der Waals surface area (Å²) in [6, 6.07) is 10.5. The predicted molar refractivity (Wildman–Crippen MR) is 92.0 cm³/mol. The van der Waals surface area contributed by atoms with Crippen molar-refractivity contribution in [2.24, 2.45) is 0 Å². The summed E-state index contributed by atoms with van der Waals surface area (Å²) < 4.78 is -1.68. The molecule has 8 heteroatoms. The molecular formula is C15H14Cl3N5. The molecule has 0 amide bonds. The zero-order valence-corrected chi connectivity index (χ0v) is 14.4. The highest BCUT2D eigenvalue weighted by molar-refractivity contribution is 6.66. The molecule has 2 saturated heterocycles. The van der Waals surface area contributed by atoms with Crippen molar-refractivity contribution in [3.05, 3.63) is 36.2 Å². The van der Waals surface area contributed by atoms with E-state index in [-0.39, 0.29) is 5.82 Å². The van der Waals surface area contributed by atoms with Crippen molar-refractivity contribution in [1.29, 1.82) is 0 Å². The lowest BCUT2D eigenvalue weighted by Gasteiger charge is -2.28. The van der Waals surface area contributed by atoms with Crippen LogP contribution < -0.4 is 10.2 Å². The van der Waals surface area contributed by atoms with Crippen LogP contribution in [0.5, 0.6) is 0 Å². The van der Waals surface area contributed by atoms with Crippen LogP contribution in [-0.4, -0.2) is 40.1 Å². The number of halogens is 3. The molecule has 1 N–H and O–H groups in total. The molecule has 2 atom stereocenters.